The lowest BCUT2D eigenvalue weighted by Crippen LogP contribution is -2.19. The summed E-state index contributed by atoms with van der Waals surface area (Å²) < 4.78 is 52.6. The molecule has 0 unspecified atom stereocenters. The van der Waals surface area contributed by atoms with Gasteiger partial charge >= 0.3 is 6.18 Å². The van der Waals surface area contributed by atoms with E-state index in [2.05, 4.69) is 25.9 Å². The molecule has 3 aromatic carbocycles. The molecule has 0 fully saturated rings. The van der Waals surface area contributed by atoms with Gasteiger partial charge in [0.1, 0.15) is 18.0 Å². The minimum absolute atomic E-state index is 0.229. The third-order valence-electron chi connectivity index (χ3n) is 4.69. The highest BCUT2D eigenvalue weighted by molar-refractivity contribution is 7.80. The lowest BCUT2D eigenvalue weighted by molar-refractivity contribution is -0.137. The Labute approximate surface area is 197 Å². The molecule has 172 valence electrons. The molecular weight excluding hydrogens is 466 g/mol. The van der Waals surface area contributed by atoms with Crippen molar-refractivity contribution in [3.8, 4) is 11.3 Å². The van der Waals surface area contributed by atoms with Gasteiger partial charge in [-0.05, 0) is 54.7 Å². The lowest BCUT2D eigenvalue weighted by atomic mass is 10.1. The van der Waals surface area contributed by atoms with Crippen LogP contribution in [-0.2, 0) is 6.18 Å². The number of thiocarbonyl (C=S) groups is 1. The van der Waals surface area contributed by atoms with E-state index in [9.17, 15) is 17.6 Å². The molecule has 0 saturated carbocycles. The molecule has 0 saturated heterocycles. The van der Waals surface area contributed by atoms with E-state index in [1.807, 2.05) is 0 Å². The van der Waals surface area contributed by atoms with Crippen molar-refractivity contribution < 1.29 is 17.6 Å². The quantitative estimate of drug-likeness (QED) is 0.213. The first-order valence-corrected chi connectivity index (χ1v) is 10.4. The van der Waals surface area contributed by atoms with Crippen LogP contribution in [0.25, 0.3) is 11.3 Å². The van der Waals surface area contributed by atoms with Crippen molar-refractivity contribution in [3.63, 3.8) is 0 Å². The number of nitrogens with one attached hydrogen (secondary N) is 3. The Morgan fingerprint density at radius 2 is 1.56 bits per heavy atom. The van der Waals surface area contributed by atoms with Gasteiger partial charge < -0.3 is 16.0 Å². The minimum atomic E-state index is -4.43. The van der Waals surface area contributed by atoms with E-state index in [-0.39, 0.29) is 16.5 Å². The number of hydrogen-bond donors (Lipinski definition) is 3. The summed E-state index contributed by atoms with van der Waals surface area (Å²) in [5.74, 6) is -0.0675. The molecule has 10 heteroatoms. The zero-order chi connectivity index (χ0) is 24.1. The Morgan fingerprint density at radius 1 is 0.794 bits per heavy atom. The maximum atomic E-state index is 13.8. The molecule has 0 bridgehead atoms. The summed E-state index contributed by atoms with van der Waals surface area (Å²) in [6.07, 6.45) is -3.11. The van der Waals surface area contributed by atoms with Crippen molar-refractivity contribution in [2.24, 2.45) is 0 Å². The van der Waals surface area contributed by atoms with Crippen LogP contribution in [0.15, 0.2) is 85.2 Å². The van der Waals surface area contributed by atoms with Crippen molar-refractivity contribution in [3.05, 3.63) is 96.6 Å². The van der Waals surface area contributed by atoms with Gasteiger partial charge in [0.15, 0.2) is 5.11 Å². The Morgan fingerprint density at radius 3 is 2.29 bits per heavy atom. The summed E-state index contributed by atoms with van der Waals surface area (Å²) in [5, 5.41) is 8.87. The zero-order valence-corrected chi connectivity index (χ0v) is 18.2. The molecule has 1 aromatic heterocycles. The number of aromatic nitrogens is 2. The molecule has 3 N–H and O–H groups in total. The predicted octanol–water partition coefficient (Wildman–Crippen LogP) is 6.85. The first kappa shape index (κ1) is 23.1. The summed E-state index contributed by atoms with van der Waals surface area (Å²) in [7, 11) is 0. The number of nitrogens with zero attached hydrogens (tertiary/aromatic N) is 2. The normalized spacial score (nSPS) is 11.1. The predicted molar refractivity (Wildman–Crippen MR) is 128 cm³/mol. The molecule has 0 amide bonds. The molecule has 0 aliphatic heterocycles. The summed E-state index contributed by atoms with van der Waals surface area (Å²) in [6, 6.07) is 19.8. The first-order chi connectivity index (χ1) is 16.3. The van der Waals surface area contributed by atoms with Crippen LogP contribution in [0.1, 0.15) is 5.56 Å². The van der Waals surface area contributed by atoms with E-state index in [4.69, 9.17) is 12.2 Å². The van der Waals surface area contributed by atoms with Crippen molar-refractivity contribution in [1.82, 2.24) is 9.97 Å². The largest absolute Gasteiger partial charge is 0.416 e. The Kier molecular flexibility index (Phi) is 6.69. The van der Waals surface area contributed by atoms with Crippen LogP contribution in [0.3, 0.4) is 0 Å². The number of alkyl halides is 3. The molecule has 34 heavy (non-hydrogen) atoms. The van der Waals surface area contributed by atoms with E-state index in [0.717, 1.165) is 17.7 Å². The number of benzene rings is 3. The molecule has 0 aliphatic carbocycles. The fourth-order valence-electron chi connectivity index (χ4n) is 3.08. The molecule has 0 spiro atoms. The maximum absolute atomic E-state index is 13.8. The van der Waals surface area contributed by atoms with Gasteiger partial charge in [-0.3, -0.25) is 0 Å². The SMILES string of the molecule is Fc1ccccc1NC(=S)Nc1ccc(-c2cc(Nc3cccc(C(F)(F)F)c3)ncn2)cc1. The molecule has 4 aromatic rings. The highest BCUT2D eigenvalue weighted by Gasteiger charge is 2.30. The van der Waals surface area contributed by atoms with E-state index < -0.39 is 17.6 Å². The Balaban J connectivity index is 1.44. The molecule has 0 atom stereocenters. The molecule has 5 nitrogen and oxygen atoms in total. The Bertz CT molecular complexity index is 1310. The van der Waals surface area contributed by atoms with Crippen LogP contribution in [0.5, 0.6) is 0 Å². The fraction of sp³-hybridized carbons (Fsp3) is 0.0417. The van der Waals surface area contributed by atoms with Crippen LogP contribution in [-0.4, -0.2) is 15.1 Å². The van der Waals surface area contributed by atoms with Gasteiger partial charge in [-0.15, -0.1) is 0 Å². The minimum Gasteiger partial charge on any atom is -0.340 e. The number of para-hydroxylation sites is 1. The van der Waals surface area contributed by atoms with Crippen LogP contribution in [0, 0.1) is 5.82 Å². The van der Waals surface area contributed by atoms with Gasteiger partial charge in [0, 0.05) is 23.0 Å². The third-order valence-corrected chi connectivity index (χ3v) is 4.89. The molecule has 1 heterocycles. The Hall–Kier alpha value is -4.05. The summed E-state index contributed by atoms with van der Waals surface area (Å²) in [5.41, 5.74) is 1.77. The second-order valence-electron chi connectivity index (χ2n) is 7.13. The van der Waals surface area contributed by atoms with Crippen molar-refractivity contribution >= 4 is 40.2 Å². The summed E-state index contributed by atoms with van der Waals surface area (Å²) >= 11 is 5.23. The van der Waals surface area contributed by atoms with E-state index in [1.54, 1.807) is 48.5 Å². The second-order valence-corrected chi connectivity index (χ2v) is 7.54. The smallest absolute Gasteiger partial charge is 0.340 e. The first-order valence-electron chi connectivity index (χ1n) is 9.97. The monoisotopic (exact) mass is 483 g/mol. The van der Waals surface area contributed by atoms with Crippen LogP contribution in [0.4, 0.5) is 40.4 Å². The standard InChI is InChI=1S/C24H17F4N5S/c25-19-6-1-2-7-20(19)33-23(34)32-17-10-8-15(9-11-17)21-13-22(30-14-29-21)31-18-5-3-4-16(12-18)24(26,27)28/h1-14H,(H,29,30,31)(H2,32,33,34). The molecule has 4 rings (SSSR count). The number of rotatable bonds is 5. The molecule has 0 aliphatic rings. The maximum Gasteiger partial charge on any atom is 0.416 e. The van der Waals surface area contributed by atoms with E-state index >= 15 is 0 Å². The zero-order valence-electron chi connectivity index (χ0n) is 17.4. The summed E-state index contributed by atoms with van der Waals surface area (Å²) in [4.78, 5) is 8.32. The molecule has 0 radical (unpaired) electrons. The van der Waals surface area contributed by atoms with Crippen molar-refractivity contribution in [1.29, 1.82) is 0 Å². The summed E-state index contributed by atoms with van der Waals surface area (Å²) in [6.45, 7) is 0. The molecular formula is C24H17F4N5S. The lowest BCUT2D eigenvalue weighted by Gasteiger charge is -2.12. The average molecular weight is 483 g/mol. The second kappa shape index (κ2) is 9.84. The van der Waals surface area contributed by atoms with Gasteiger partial charge in [-0.25, -0.2) is 14.4 Å². The van der Waals surface area contributed by atoms with Crippen molar-refractivity contribution in [2.75, 3.05) is 16.0 Å². The van der Waals surface area contributed by atoms with Gasteiger partial charge in [-0.2, -0.15) is 13.2 Å². The highest BCUT2D eigenvalue weighted by Crippen LogP contribution is 2.31. The third kappa shape index (κ3) is 5.84. The van der Waals surface area contributed by atoms with Crippen LogP contribution >= 0.6 is 12.2 Å². The number of halogens is 4. The van der Waals surface area contributed by atoms with Gasteiger partial charge in [0.2, 0.25) is 0 Å². The van der Waals surface area contributed by atoms with Crippen LogP contribution < -0.4 is 16.0 Å². The van der Waals surface area contributed by atoms with E-state index in [0.29, 0.717) is 17.2 Å². The van der Waals surface area contributed by atoms with Gasteiger partial charge in [0.05, 0.1) is 16.9 Å². The fourth-order valence-corrected chi connectivity index (χ4v) is 3.30. The topological polar surface area (TPSA) is 61.9 Å². The van der Waals surface area contributed by atoms with Crippen molar-refractivity contribution in [2.45, 2.75) is 6.18 Å². The van der Waals surface area contributed by atoms with Gasteiger partial charge in [-0.1, -0.05) is 30.3 Å². The van der Waals surface area contributed by atoms with Gasteiger partial charge in [0.25, 0.3) is 0 Å². The highest BCUT2D eigenvalue weighted by atomic mass is 32.1. The number of anilines is 4. The number of hydrogen-bond acceptors (Lipinski definition) is 4. The van der Waals surface area contributed by atoms with E-state index in [1.165, 1.54) is 24.5 Å². The average Bonchev–Trinajstić information content (AvgIpc) is 2.81. The van der Waals surface area contributed by atoms with Crippen LogP contribution in [0.2, 0.25) is 0 Å².